The van der Waals surface area contributed by atoms with Gasteiger partial charge in [-0.1, -0.05) is 12.1 Å². The summed E-state index contributed by atoms with van der Waals surface area (Å²) in [5, 5.41) is 6.25. The molecule has 1 aliphatic rings. The van der Waals surface area contributed by atoms with Gasteiger partial charge in [-0.2, -0.15) is 0 Å². The van der Waals surface area contributed by atoms with Crippen molar-refractivity contribution < 1.29 is 9.53 Å². The maximum absolute atomic E-state index is 12.3. The number of carbonyl (C=O) groups is 1. The molecule has 1 aromatic heterocycles. The Kier molecular flexibility index (Phi) is 7.67. The Hall–Kier alpha value is -2.83. The number of hydrogen-bond acceptors (Lipinski definition) is 6. The molecule has 1 amide bonds. The van der Waals surface area contributed by atoms with Crippen LogP contribution >= 0.6 is 0 Å². The van der Waals surface area contributed by atoms with Crippen molar-refractivity contribution in [1.82, 2.24) is 15.3 Å². The maximum Gasteiger partial charge on any atom is 0.220 e. The lowest BCUT2D eigenvalue weighted by Gasteiger charge is -2.33. The number of methoxy groups -OCH3 is 1. The minimum absolute atomic E-state index is 0.106. The van der Waals surface area contributed by atoms with Gasteiger partial charge in [0.15, 0.2) is 0 Å². The number of hydrogen-bond donors (Lipinski definition) is 2. The average molecular weight is 398 g/mol. The third kappa shape index (κ3) is 6.34. The molecule has 2 N–H and O–H groups in total. The van der Waals surface area contributed by atoms with Crippen LogP contribution in [-0.4, -0.2) is 42.6 Å². The van der Waals surface area contributed by atoms with Crippen molar-refractivity contribution in [2.24, 2.45) is 5.92 Å². The molecule has 1 saturated heterocycles. The smallest absolute Gasteiger partial charge is 0.220 e. The molecule has 1 aromatic carbocycles. The summed E-state index contributed by atoms with van der Waals surface area (Å²) in [4.78, 5) is 23.3. The third-order valence-electron chi connectivity index (χ3n) is 5.28. The Labute approximate surface area is 172 Å². The summed E-state index contributed by atoms with van der Waals surface area (Å²) in [6.45, 7) is 5.38. The molecule has 2 aromatic rings. The van der Waals surface area contributed by atoms with Crippen LogP contribution in [0.3, 0.4) is 0 Å². The van der Waals surface area contributed by atoms with Gasteiger partial charge in [-0.25, -0.2) is 9.97 Å². The van der Waals surface area contributed by atoms with Crippen LogP contribution in [0.5, 0.6) is 5.75 Å². The number of nitrogens with zero attached hydrogens (tertiary/aromatic N) is 3. The van der Waals surface area contributed by atoms with Gasteiger partial charge >= 0.3 is 0 Å². The fourth-order valence-corrected chi connectivity index (χ4v) is 3.67. The molecular weight excluding hydrogens is 366 g/mol. The first-order chi connectivity index (χ1) is 14.2. The SMILES string of the molecule is CCNc1cc(N2CCCC(CCC(=O)NCc3ccc(OC)cc3)C2)ncn1. The lowest BCUT2D eigenvalue weighted by atomic mass is 9.93. The molecule has 0 bridgehead atoms. The minimum Gasteiger partial charge on any atom is -0.497 e. The molecule has 0 aliphatic carbocycles. The molecule has 156 valence electrons. The second-order valence-corrected chi connectivity index (χ2v) is 7.41. The van der Waals surface area contributed by atoms with E-state index in [0.29, 0.717) is 18.9 Å². The van der Waals surface area contributed by atoms with Gasteiger partial charge in [0.05, 0.1) is 7.11 Å². The van der Waals surface area contributed by atoms with E-state index in [1.165, 1.54) is 0 Å². The number of anilines is 2. The quantitative estimate of drug-likeness (QED) is 0.676. The number of ether oxygens (including phenoxy) is 1. The van der Waals surface area contributed by atoms with Crippen LogP contribution in [0.15, 0.2) is 36.7 Å². The van der Waals surface area contributed by atoms with Gasteiger partial charge in [-0.3, -0.25) is 4.79 Å². The van der Waals surface area contributed by atoms with Gasteiger partial charge < -0.3 is 20.3 Å². The second kappa shape index (κ2) is 10.6. The zero-order valence-electron chi connectivity index (χ0n) is 17.4. The number of rotatable bonds is 9. The van der Waals surface area contributed by atoms with Crippen molar-refractivity contribution in [2.45, 2.75) is 39.2 Å². The molecule has 1 aliphatic heterocycles. The average Bonchev–Trinajstić information content (AvgIpc) is 2.77. The van der Waals surface area contributed by atoms with Gasteiger partial charge in [0.1, 0.15) is 23.7 Å². The lowest BCUT2D eigenvalue weighted by molar-refractivity contribution is -0.121. The van der Waals surface area contributed by atoms with E-state index < -0.39 is 0 Å². The van der Waals surface area contributed by atoms with E-state index in [4.69, 9.17) is 4.74 Å². The predicted octanol–water partition coefficient (Wildman–Crippen LogP) is 3.23. The summed E-state index contributed by atoms with van der Waals surface area (Å²) in [7, 11) is 1.65. The molecule has 1 fully saturated rings. The van der Waals surface area contributed by atoms with Gasteiger partial charge in [0.25, 0.3) is 0 Å². The number of nitrogens with one attached hydrogen (secondary N) is 2. The van der Waals surface area contributed by atoms with E-state index in [1.54, 1.807) is 13.4 Å². The first-order valence-corrected chi connectivity index (χ1v) is 10.4. The van der Waals surface area contributed by atoms with Crippen LogP contribution in [0.25, 0.3) is 0 Å². The third-order valence-corrected chi connectivity index (χ3v) is 5.28. The fourth-order valence-electron chi connectivity index (χ4n) is 3.67. The topological polar surface area (TPSA) is 79.4 Å². The molecule has 0 radical (unpaired) electrons. The first kappa shape index (κ1) is 20.9. The Balaban J connectivity index is 1.44. The van der Waals surface area contributed by atoms with E-state index >= 15 is 0 Å². The summed E-state index contributed by atoms with van der Waals surface area (Å²) in [5.74, 6) is 3.26. The van der Waals surface area contributed by atoms with Crippen molar-refractivity contribution in [2.75, 3.05) is 37.0 Å². The Morgan fingerprint density at radius 1 is 1.28 bits per heavy atom. The lowest BCUT2D eigenvalue weighted by Crippen LogP contribution is -2.36. The molecule has 1 atom stereocenters. The number of amides is 1. The molecule has 3 rings (SSSR count). The van der Waals surface area contributed by atoms with E-state index in [-0.39, 0.29) is 5.91 Å². The number of piperidine rings is 1. The fraction of sp³-hybridized carbons (Fsp3) is 0.500. The van der Waals surface area contributed by atoms with E-state index in [2.05, 4.69) is 32.4 Å². The zero-order chi connectivity index (χ0) is 20.5. The summed E-state index contributed by atoms with van der Waals surface area (Å²) in [6.07, 6.45) is 5.35. The first-order valence-electron chi connectivity index (χ1n) is 10.4. The van der Waals surface area contributed by atoms with Gasteiger partial charge in [0.2, 0.25) is 5.91 Å². The molecule has 29 heavy (non-hydrogen) atoms. The zero-order valence-corrected chi connectivity index (χ0v) is 17.4. The largest absolute Gasteiger partial charge is 0.497 e. The monoisotopic (exact) mass is 397 g/mol. The summed E-state index contributed by atoms with van der Waals surface area (Å²) < 4.78 is 5.16. The van der Waals surface area contributed by atoms with Crippen LogP contribution in [0.1, 0.15) is 38.2 Å². The van der Waals surface area contributed by atoms with Crippen LogP contribution in [0.2, 0.25) is 0 Å². The highest BCUT2D eigenvalue weighted by Gasteiger charge is 2.22. The van der Waals surface area contributed by atoms with Crippen molar-refractivity contribution in [3.05, 3.63) is 42.2 Å². The second-order valence-electron chi connectivity index (χ2n) is 7.41. The van der Waals surface area contributed by atoms with Crippen LogP contribution < -0.4 is 20.3 Å². The van der Waals surface area contributed by atoms with Crippen molar-refractivity contribution in [3.8, 4) is 5.75 Å². The normalized spacial score (nSPS) is 16.3. The maximum atomic E-state index is 12.3. The molecule has 0 spiro atoms. The molecule has 7 nitrogen and oxygen atoms in total. The summed E-state index contributed by atoms with van der Waals surface area (Å²) in [5.41, 5.74) is 1.07. The minimum atomic E-state index is 0.106. The summed E-state index contributed by atoms with van der Waals surface area (Å²) >= 11 is 0. The number of aromatic nitrogens is 2. The highest BCUT2D eigenvalue weighted by atomic mass is 16.5. The van der Waals surface area contributed by atoms with Crippen LogP contribution in [0, 0.1) is 5.92 Å². The predicted molar refractivity (Wildman–Crippen MR) is 115 cm³/mol. The standard InChI is InChI=1S/C22H31N5O2/c1-3-23-20-13-21(26-16-25-20)27-12-4-5-18(15-27)8-11-22(28)24-14-17-6-9-19(29-2)10-7-17/h6-7,9-10,13,16,18H,3-5,8,11-12,14-15H2,1-2H3,(H,24,28)(H,23,25,26). The molecule has 2 heterocycles. The van der Waals surface area contributed by atoms with Crippen molar-refractivity contribution in [1.29, 1.82) is 0 Å². The molecular formula is C22H31N5O2. The molecule has 7 heteroatoms. The van der Waals surface area contributed by atoms with Gasteiger partial charge in [-0.05, 0) is 49.8 Å². The van der Waals surface area contributed by atoms with Gasteiger partial charge in [-0.15, -0.1) is 0 Å². The van der Waals surface area contributed by atoms with Gasteiger partial charge in [0, 0.05) is 38.7 Å². The molecule has 0 saturated carbocycles. The van der Waals surface area contributed by atoms with Crippen molar-refractivity contribution >= 4 is 17.5 Å². The highest BCUT2D eigenvalue weighted by molar-refractivity contribution is 5.75. The van der Waals surface area contributed by atoms with E-state index in [1.807, 2.05) is 30.3 Å². The Morgan fingerprint density at radius 3 is 2.86 bits per heavy atom. The number of benzene rings is 1. The Morgan fingerprint density at radius 2 is 2.10 bits per heavy atom. The van der Waals surface area contributed by atoms with Crippen molar-refractivity contribution in [3.63, 3.8) is 0 Å². The van der Waals surface area contributed by atoms with Crippen LogP contribution in [0.4, 0.5) is 11.6 Å². The highest BCUT2D eigenvalue weighted by Crippen LogP contribution is 2.25. The van der Waals surface area contributed by atoms with Crippen LogP contribution in [-0.2, 0) is 11.3 Å². The van der Waals surface area contributed by atoms with E-state index in [9.17, 15) is 4.79 Å². The van der Waals surface area contributed by atoms with E-state index in [0.717, 1.165) is 61.8 Å². The molecule has 1 unspecified atom stereocenters. The Bertz CT molecular complexity index is 781. The number of carbonyl (C=O) groups excluding carboxylic acids is 1. The summed E-state index contributed by atoms with van der Waals surface area (Å²) in [6, 6.07) is 9.77.